The van der Waals surface area contributed by atoms with Crippen LogP contribution in [-0.2, 0) is 33.4 Å². The highest BCUT2D eigenvalue weighted by atomic mass is 16.6. The van der Waals surface area contributed by atoms with Gasteiger partial charge in [-0.2, -0.15) is 0 Å². The zero-order valence-electron chi connectivity index (χ0n) is 28.5. The molecule has 0 atom stereocenters. The lowest BCUT2D eigenvalue weighted by atomic mass is 10.2. The second-order valence-corrected chi connectivity index (χ2v) is 11.9. The second kappa shape index (κ2) is 20.3. The molecule has 15 heteroatoms. The molecule has 1 aliphatic rings. The highest BCUT2D eigenvalue weighted by Gasteiger charge is 2.25. The molecule has 52 heavy (non-hydrogen) atoms. The van der Waals surface area contributed by atoms with Crippen molar-refractivity contribution >= 4 is 41.8 Å². The van der Waals surface area contributed by atoms with Gasteiger partial charge in [-0.15, -0.1) is 0 Å². The normalized spacial score (nSPS) is 15.3. The van der Waals surface area contributed by atoms with E-state index in [2.05, 4.69) is 0 Å². The number of hydrogen-bond acceptors (Lipinski definition) is 14. The van der Waals surface area contributed by atoms with Crippen molar-refractivity contribution in [1.82, 2.24) is 19.6 Å². The maximum Gasteiger partial charge on any atom is 0.345 e. The summed E-state index contributed by atoms with van der Waals surface area (Å²) in [4.78, 5) is 94.6. The molecule has 0 unspecified atom stereocenters. The van der Waals surface area contributed by atoms with Gasteiger partial charge in [0, 0.05) is 52.4 Å². The first-order chi connectivity index (χ1) is 25.0. The van der Waals surface area contributed by atoms with Crippen LogP contribution in [0.3, 0.4) is 0 Å². The van der Waals surface area contributed by atoms with Gasteiger partial charge in [0.05, 0.1) is 42.9 Å². The minimum absolute atomic E-state index is 0.165. The van der Waals surface area contributed by atoms with E-state index < -0.39 is 41.8 Å². The maximum atomic E-state index is 12.9. The Bertz CT molecular complexity index is 1610. The number of hydrogen-bond donors (Lipinski definition) is 1. The summed E-state index contributed by atoms with van der Waals surface area (Å²) in [6.07, 6.45) is 0. The van der Waals surface area contributed by atoms with Gasteiger partial charge in [0.2, 0.25) is 0 Å². The third-order valence-corrected chi connectivity index (χ3v) is 7.99. The summed E-state index contributed by atoms with van der Waals surface area (Å²) in [5.74, 6) is -6.00. The lowest BCUT2D eigenvalue weighted by Gasteiger charge is -2.33. The number of nitrogens with zero attached hydrogens (tertiary/aromatic N) is 4. The van der Waals surface area contributed by atoms with E-state index in [9.17, 15) is 38.7 Å². The molecule has 0 amide bonds. The van der Waals surface area contributed by atoms with Crippen molar-refractivity contribution in [2.24, 2.45) is 0 Å². The fourth-order valence-electron chi connectivity index (χ4n) is 5.26. The zero-order valence-corrected chi connectivity index (χ0v) is 28.5. The Hall–Kier alpha value is -5.61. The average Bonchev–Trinajstić information content (AvgIpc) is 3.13. The summed E-state index contributed by atoms with van der Waals surface area (Å²) < 4.78 is 15.2. The number of aliphatic carboxylic acids is 1. The van der Waals surface area contributed by atoms with Gasteiger partial charge in [0.15, 0.2) is 0 Å². The molecule has 3 aromatic carbocycles. The topological polar surface area (TPSA) is 180 Å². The Balaban J connectivity index is 1.47. The third-order valence-electron chi connectivity index (χ3n) is 7.99. The maximum absolute atomic E-state index is 12.9. The minimum Gasteiger partial charge on any atom is -0.480 e. The third kappa shape index (κ3) is 13.6. The van der Waals surface area contributed by atoms with Crippen LogP contribution in [0, 0.1) is 0 Å². The number of rotatable bonds is 11. The standard InChI is InChI=1S/C37H40N4O11/c42-31(43)24-38-16-18-39(25-32(44)50-35(47)28-10-4-1-5-11-28)20-22-41(27-34(46)52-37(49)30-14-8-3-9-15-30)23-21-40(19-17-38)26-33(45)51-36(48)29-12-6-2-7-13-29/h1-15H,16-27H2,(H,42,43). The summed E-state index contributed by atoms with van der Waals surface area (Å²) in [6, 6.07) is 24.0. The summed E-state index contributed by atoms with van der Waals surface area (Å²) in [5, 5.41) is 9.58. The molecule has 274 valence electrons. The van der Waals surface area contributed by atoms with Crippen LogP contribution in [0.5, 0.6) is 0 Å². The number of carbonyl (C=O) groups is 7. The van der Waals surface area contributed by atoms with Crippen molar-refractivity contribution in [2.45, 2.75) is 0 Å². The summed E-state index contributed by atoms with van der Waals surface area (Å²) >= 11 is 0. The van der Waals surface area contributed by atoms with Crippen molar-refractivity contribution in [1.29, 1.82) is 0 Å². The summed E-state index contributed by atoms with van der Waals surface area (Å²) in [5.41, 5.74) is 0.592. The zero-order chi connectivity index (χ0) is 37.3. The number of carboxylic acid groups (broad SMARTS) is 1. The monoisotopic (exact) mass is 716 g/mol. The van der Waals surface area contributed by atoms with Crippen LogP contribution in [0.15, 0.2) is 91.0 Å². The predicted molar refractivity (Wildman–Crippen MR) is 184 cm³/mol. The molecule has 0 bridgehead atoms. The Morgan fingerprint density at radius 3 is 0.865 bits per heavy atom. The highest BCUT2D eigenvalue weighted by molar-refractivity contribution is 5.98. The Morgan fingerprint density at radius 2 is 0.635 bits per heavy atom. The molecule has 3 aromatic rings. The number of esters is 6. The quantitative estimate of drug-likeness (QED) is 0.171. The van der Waals surface area contributed by atoms with Gasteiger partial charge in [-0.1, -0.05) is 54.6 Å². The van der Waals surface area contributed by atoms with Crippen LogP contribution < -0.4 is 0 Å². The number of benzene rings is 3. The van der Waals surface area contributed by atoms with Crippen LogP contribution in [0.4, 0.5) is 0 Å². The second-order valence-electron chi connectivity index (χ2n) is 11.9. The van der Waals surface area contributed by atoms with Crippen LogP contribution >= 0.6 is 0 Å². The van der Waals surface area contributed by atoms with Gasteiger partial charge in [-0.3, -0.25) is 38.8 Å². The Labute approximate surface area is 300 Å². The first kappa shape index (κ1) is 39.2. The first-order valence-corrected chi connectivity index (χ1v) is 16.6. The number of carboxylic acids is 1. The highest BCUT2D eigenvalue weighted by Crippen LogP contribution is 2.07. The predicted octanol–water partition coefficient (Wildman–Crippen LogP) is 1.44. The van der Waals surface area contributed by atoms with E-state index in [0.717, 1.165) is 0 Å². The molecule has 15 nitrogen and oxygen atoms in total. The van der Waals surface area contributed by atoms with Crippen LogP contribution in [0.25, 0.3) is 0 Å². The molecule has 0 saturated carbocycles. The molecule has 1 heterocycles. The number of carbonyl (C=O) groups excluding carboxylic acids is 6. The smallest absolute Gasteiger partial charge is 0.345 e. The average molecular weight is 717 g/mol. The lowest BCUT2D eigenvalue weighted by molar-refractivity contribution is -0.142. The van der Waals surface area contributed by atoms with E-state index in [0.29, 0.717) is 0 Å². The van der Waals surface area contributed by atoms with Gasteiger partial charge in [0.1, 0.15) is 0 Å². The summed E-state index contributed by atoms with van der Waals surface area (Å²) in [7, 11) is 0. The van der Waals surface area contributed by atoms with Crippen LogP contribution in [0.1, 0.15) is 31.1 Å². The van der Waals surface area contributed by atoms with E-state index in [1.54, 1.807) is 74.2 Å². The summed E-state index contributed by atoms with van der Waals surface area (Å²) in [6.45, 7) is 0.135. The molecule has 1 aliphatic heterocycles. The van der Waals surface area contributed by atoms with Crippen molar-refractivity contribution in [2.75, 3.05) is 78.5 Å². The van der Waals surface area contributed by atoms with Crippen LogP contribution in [0.2, 0.25) is 0 Å². The minimum atomic E-state index is -1.08. The van der Waals surface area contributed by atoms with Gasteiger partial charge in [0.25, 0.3) is 0 Å². The molecule has 0 radical (unpaired) electrons. The Kier molecular flexibility index (Phi) is 15.3. The van der Waals surface area contributed by atoms with E-state index in [4.69, 9.17) is 14.2 Å². The van der Waals surface area contributed by atoms with Crippen LogP contribution in [-0.4, -0.2) is 145 Å². The Morgan fingerprint density at radius 1 is 0.404 bits per heavy atom. The van der Waals surface area contributed by atoms with Crippen molar-refractivity contribution in [3.63, 3.8) is 0 Å². The molecular weight excluding hydrogens is 676 g/mol. The van der Waals surface area contributed by atoms with Gasteiger partial charge in [-0.25, -0.2) is 14.4 Å². The van der Waals surface area contributed by atoms with Gasteiger partial charge in [-0.05, 0) is 36.4 Å². The molecule has 0 aliphatic carbocycles. The SMILES string of the molecule is O=C(O)CN1CCN(CC(=O)OC(=O)c2ccccc2)CCN(CC(=O)OC(=O)c2ccccc2)CCN(CC(=O)OC(=O)c2ccccc2)CC1. The molecule has 4 rings (SSSR count). The molecule has 0 aromatic heterocycles. The van der Waals surface area contributed by atoms with E-state index >= 15 is 0 Å². The molecule has 1 saturated heterocycles. The first-order valence-electron chi connectivity index (χ1n) is 16.6. The molecule has 0 spiro atoms. The van der Waals surface area contributed by atoms with Crippen molar-refractivity contribution < 1.29 is 52.9 Å². The van der Waals surface area contributed by atoms with E-state index in [1.165, 1.54) is 36.4 Å². The van der Waals surface area contributed by atoms with Crippen molar-refractivity contribution in [3.05, 3.63) is 108 Å². The fourth-order valence-corrected chi connectivity index (χ4v) is 5.26. The molecular formula is C37H40N4O11. The lowest BCUT2D eigenvalue weighted by Crippen LogP contribution is -2.49. The van der Waals surface area contributed by atoms with E-state index in [-0.39, 0.29) is 95.2 Å². The van der Waals surface area contributed by atoms with Gasteiger partial charge >= 0.3 is 41.8 Å². The number of ether oxygens (including phenoxy) is 3. The van der Waals surface area contributed by atoms with E-state index in [1.807, 2.05) is 0 Å². The molecule has 1 N–H and O–H groups in total. The van der Waals surface area contributed by atoms with Crippen molar-refractivity contribution in [3.8, 4) is 0 Å². The largest absolute Gasteiger partial charge is 0.480 e. The van der Waals surface area contributed by atoms with Gasteiger partial charge < -0.3 is 19.3 Å². The fraction of sp³-hybridized carbons (Fsp3) is 0.324. The molecule has 1 fully saturated rings.